The second-order valence-corrected chi connectivity index (χ2v) is 3.99. The number of anilines is 2. The number of nitrogens with one attached hydrogen (secondary N) is 1. The van der Waals surface area contributed by atoms with Crippen LogP contribution < -0.4 is 11.1 Å². The van der Waals surface area contributed by atoms with Gasteiger partial charge >= 0.3 is 0 Å². The van der Waals surface area contributed by atoms with Crippen molar-refractivity contribution >= 4 is 23.1 Å². The number of hydrogen-bond acceptors (Lipinski definition) is 3. The Morgan fingerprint density at radius 2 is 2.29 bits per heavy atom. The van der Waals surface area contributed by atoms with Gasteiger partial charge in [-0.25, -0.2) is 4.39 Å². The smallest absolute Gasteiger partial charge is 0.125 e. The Labute approximate surface area is 88.1 Å². The van der Waals surface area contributed by atoms with Crippen LogP contribution in [0.25, 0.3) is 0 Å². The Hall–Kier alpha value is -0.900. The highest BCUT2D eigenvalue weighted by atomic mass is 32.2. The molecule has 2 nitrogen and oxygen atoms in total. The van der Waals surface area contributed by atoms with Gasteiger partial charge in [-0.1, -0.05) is 0 Å². The molecule has 0 saturated heterocycles. The highest BCUT2D eigenvalue weighted by Gasteiger charge is 1.99. The van der Waals surface area contributed by atoms with Crippen LogP contribution in [0.1, 0.15) is 6.42 Å². The maximum absolute atomic E-state index is 12.7. The van der Waals surface area contributed by atoms with E-state index in [9.17, 15) is 4.39 Å². The average Bonchev–Trinajstić information content (AvgIpc) is 2.15. The largest absolute Gasteiger partial charge is 0.397 e. The third kappa shape index (κ3) is 3.46. The van der Waals surface area contributed by atoms with Crippen LogP contribution in [0, 0.1) is 5.82 Å². The van der Waals surface area contributed by atoms with Crippen molar-refractivity contribution in [2.24, 2.45) is 0 Å². The van der Waals surface area contributed by atoms with Crippen LogP contribution in [-0.2, 0) is 0 Å². The molecule has 0 bridgehead atoms. The second-order valence-electron chi connectivity index (χ2n) is 3.00. The van der Waals surface area contributed by atoms with E-state index >= 15 is 0 Å². The van der Waals surface area contributed by atoms with Crippen molar-refractivity contribution < 1.29 is 4.39 Å². The molecular weight excluding hydrogens is 199 g/mol. The number of halogens is 1. The third-order valence-electron chi connectivity index (χ3n) is 1.85. The molecule has 0 heterocycles. The van der Waals surface area contributed by atoms with Crippen LogP contribution in [0.2, 0.25) is 0 Å². The molecule has 0 aromatic heterocycles. The topological polar surface area (TPSA) is 38.0 Å². The summed E-state index contributed by atoms with van der Waals surface area (Å²) < 4.78 is 12.7. The first-order valence-electron chi connectivity index (χ1n) is 4.52. The normalized spacial score (nSPS) is 10.1. The molecule has 0 aliphatic rings. The van der Waals surface area contributed by atoms with E-state index in [1.807, 2.05) is 11.8 Å². The van der Waals surface area contributed by atoms with E-state index in [0.29, 0.717) is 5.69 Å². The molecule has 0 spiro atoms. The fourth-order valence-corrected chi connectivity index (χ4v) is 1.57. The summed E-state index contributed by atoms with van der Waals surface area (Å²) in [7, 11) is 0. The molecule has 0 radical (unpaired) electrons. The summed E-state index contributed by atoms with van der Waals surface area (Å²) in [6.45, 7) is 0.872. The molecule has 0 saturated carbocycles. The molecule has 0 atom stereocenters. The summed E-state index contributed by atoms with van der Waals surface area (Å²) >= 11 is 1.81. The Morgan fingerprint density at radius 1 is 1.50 bits per heavy atom. The van der Waals surface area contributed by atoms with E-state index in [2.05, 4.69) is 11.6 Å². The van der Waals surface area contributed by atoms with Crippen molar-refractivity contribution in [2.45, 2.75) is 6.42 Å². The van der Waals surface area contributed by atoms with E-state index in [0.717, 1.165) is 24.4 Å². The first-order valence-corrected chi connectivity index (χ1v) is 5.91. The molecule has 1 aromatic carbocycles. The van der Waals surface area contributed by atoms with Crippen LogP contribution in [0.5, 0.6) is 0 Å². The summed E-state index contributed by atoms with van der Waals surface area (Å²) in [5.74, 6) is 0.825. The van der Waals surface area contributed by atoms with E-state index in [4.69, 9.17) is 5.73 Å². The fourth-order valence-electron chi connectivity index (χ4n) is 1.13. The predicted octanol–water partition coefficient (Wildman–Crippen LogP) is 2.57. The lowest BCUT2D eigenvalue weighted by Crippen LogP contribution is -2.05. The summed E-state index contributed by atoms with van der Waals surface area (Å²) in [4.78, 5) is 0. The zero-order chi connectivity index (χ0) is 10.4. The Morgan fingerprint density at radius 3 is 2.93 bits per heavy atom. The molecule has 4 heteroatoms. The van der Waals surface area contributed by atoms with Gasteiger partial charge in [0.1, 0.15) is 5.82 Å². The number of benzene rings is 1. The van der Waals surface area contributed by atoms with Gasteiger partial charge in [0.25, 0.3) is 0 Å². The molecule has 78 valence electrons. The van der Waals surface area contributed by atoms with Crippen molar-refractivity contribution in [3.05, 3.63) is 24.0 Å². The summed E-state index contributed by atoms with van der Waals surface area (Å²) in [5, 5.41) is 3.17. The van der Waals surface area contributed by atoms with Gasteiger partial charge in [0.15, 0.2) is 0 Å². The Bertz CT molecular complexity index is 291. The van der Waals surface area contributed by atoms with E-state index in [1.165, 1.54) is 12.1 Å². The third-order valence-corrected chi connectivity index (χ3v) is 2.55. The zero-order valence-electron chi connectivity index (χ0n) is 8.22. The Balaban J connectivity index is 2.42. The lowest BCUT2D eigenvalue weighted by Gasteiger charge is -2.08. The Kier molecular flexibility index (Phi) is 4.59. The number of rotatable bonds is 5. The standard InChI is InChI=1S/C10H15FN2S/c1-14-6-2-5-13-10-4-3-8(11)7-9(10)12/h3-4,7,13H,2,5-6,12H2,1H3. The summed E-state index contributed by atoms with van der Waals surface area (Å²) in [6.07, 6.45) is 3.16. The first-order chi connectivity index (χ1) is 6.74. The van der Waals surface area contributed by atoms with E-state index in [-0.39, 0.29) is 5.82 Å². The van der Waals surface area contributed by atoms with Gasteiger partial charge in [0.2, 0.25) is 0 Å². The fraction of sp³-hybridized carbons (Fsp3) is 0.400. The molecule has 3 N–H and O–H groups in total. The van der Waals surface area contributed by atoms with Gasteiger partial charge in [0, 0.05) is 6.54 Å². The maximum atomic E-state index is 12.7. The summed E-state index contributed by atoms with van der Waals surface area (Å²) in [5.41, 5.74) is 6.91. The summed E-state index contributed by atoms with van der Waals surface area (Å²) in [6, 6.07) is 4.41. The van der Waals surface area contributed by atoms with E-state index < -0.39 is 0 Å². The van der Waals surface area contributed by atoms with Gasteiger partial charge in [-0.3, -0.25) is 0 Å². The molecule has 1 aromatic rings. The van der Waals surface area contributed by atoms with Gasteiger partial charge in [-0.2, -0.15) is 11.8 Å². The van der Waals surface area contributed by atoms with Crippen molar-refractivity contribution in [3.63, 3.8) is 0 Å². The van der Waals surface area contributed by atoms with Crippen LogP contribution >= 0.6 is 11.8 Å². The average molecular weight is 214 g/mol. The first kappa shape index (κ1) is 11.2. The lowest BCUT2D eigenvalue weighted by atomic mass is 10.2. The van der Waals surface area contributed by atoms with Gasteiger partial charge < -0.3 is 11.1 Å². The molecular formula is C10H15FN2S. The van der Waals surface area contributed by atoms with Crippen LogP contribution in [-0.4, -0.2) is 18.6 Å². The minimum Gasteiger partial charge on any atom is -0.397 e. The van der Waals surface area contributed by atoms with Crippen LogP contribution in [0.4, 0.5) is 15.8 Å². The van der Waals surface area contributed by atoms with Crippen molar-refractivity contribution in [1.82, 2.24) is 0 Å². The van der Waals surface area contributed by atoms with Crippen molar-refractivity contribution in [2.75, 3.05) is 29.6 Å². The van der Waals surface area contributed by atoms with Crippen LogP contribution in [0.3, 0.4) is 0 Å². The number of nitrogens with two attached hydrogens (primary N) is 1. The van der Waals surface area contributed by atoms with Crippen LogP contribution in [0.15, 0.2) is 18.2 Å². The van der Waals surface area contributed by atoms with Gasteiger partial charge in [-0.05, 0) is 36.6 Å². The number of nitrogen functional groups attached to an aromatic ring is 1. The molecule has 0 fully saturated rings. The molecule has 14 heavy (non-hydrogen) atoms. The number of hydrogen-bond donors (Lipinski definition) is 2. The molecule has 0 aliphatic carbocycles. The maximum Gasteiger partial charge on any atom is 0.125 e. The highest BCUT2D eigenvalue weighted by molar-refractivity contribution is 7.98. The molecule has 0 amide bonds. The van der Waals surface area contributed by atoms with Gasteiger partial charge in [0.05, 0.1) is 11.4 Å². The molecule has 0 aliphatic heterocycles. The number of thioether (sulfide) groups is 1. The lowest BCUT2D eigenvalue weighted by molar-refractivity contribution is 0.628. The molecule has 0 unspecified atom stereocenters. The quantitative estimate of drug-likeness (QED) is 0.584. The minimum absolute atomic E-state index is 0.294. The second kappa shape index (κ2) is 5.75. The van der Waals surface area contributed by atoms with Crippen molar-refractivity contribution in [1.29, 1.82) is 0 Å². The van der Waals surface area contributed by atoms with Gasteiger partial charge in [-0.15, -0.1) is 0 Å². The monoisotopic (exact) mass is 214 g/mol. The van der Waals surface area contributed by atoms with Crippen molar-refractivity contribution in [3.8, 4) is 0 Å². The SMILES string of the molecule is CSCCCNc1ccc(F)cc1N. The minimum atomic E-state index is -0.294. The zero-order valence-corrected chi connectivity index (χ0v) is 9.03. The van der Waals surface area contributed by atoms with E-state index in [1.54, 1.807) is 6.07 Å². The molecule has 1 rings (SSSR count). The predicted molar refractivity (Wildman–Crippen MR) is 62.3 cm³/mol. The highest BCUT2D eigenvalue weighted by Crippen LogP contribution is 2.18.